The number of carbonyl (C=O) groups excluding carboxylic acids is 3. The Kier molecular flexibility index (Phi) is 7.16. The van der Waals surface area contributed by atoms with E-state index in [0.717, 1.165) is 5.56 Å². The Morgan fingerprint density at radius 1 is 1.08 bits per heavy atom. The van der Waals surface area contributed by atoms with Crippen LogP contribution in [0.5, 0.6) is 0 Å². The van der Waals surface area contributed by atoms with Crippen LogP contribution in [0.3, 0.4) is 0 Å². The van der Waals surface area contributed by atoms with Gasteiger partial charge in [-0.2, -0.15) is 0 Å². The molecule has 7 heteroatoms. The smallest absolute Gasteiger partial charge is 0.337 e. The molecule has 0 spiro atoms. The number of benzene rings is 1. The molecule has 0 aliphatic heterocycles. The molecule has 2 amide bonds. The summed E-state index contributed by atoms with van der Waals surface area (Å²) in [6.07, 6.45) is 0.912. The Bertz CT molecular complexity index is 711. The Labute approximate surface area is 150 Å². The first-order chi connectivity index (χ1) is 12.1. The fraction of sp³-hybridized carbons (Fsp3) is 0.278. The van der Waals surface area contributed by atoms with E-state index in [-0.39, 0.29) is 17.8 Å². The van der Waals surface area contributed by atoms with E-state index >= 15 is 0 Å². The maximum Gasteiger partial charge on any atom is 0.337 e. The topological polar surface area (TPSA) is 84.5 Å². The molecule has 0 saturated heterocycles. The van der Waals surface area contributed by atoms with Gasteiger partial charge in [-0.15, -0.1) is 11.3 Å². The van der Waals surface area contributed by atoms with Gasteiger partial charge < -0.3 is 15.4 Å². The fourth-order valence-electron chi connectivity index (χ4n) is 2.11. The highest BCUT2D eigenvalue weighted by Gasteiger charge is 2.07. The van der Waals surface area contributed by atoms with Gasteiger partial charge in [0.25, 0.3) is 5.91 Å². The number of methoxy groups -OCH3 is 1. The molecule has 0 aliphatic carbocycles. The maximum atomic E-state index is 11.8. The summed E-state index contributed by atoms with van der Waals surface area (Å²) in [6, 6.07) is 10.4. The van der Waals surface area contributed by atoms with Gasteiger partial charge in [0, 0.05) is 19.5 Å². The lowest BCUT2D eigenvalue weighted by Gasteiger charge is -2.07. The van der Waals surface area contributed by atoms with Gasteiger partial charge in [-0.3, -0.25) is 9.59 Å². The van der Waals surface area contributed by atoms with Gasteiger partial charge in [-0.25, -0.2) is 4.79 Å². The summed E-state index contributed by atoms with van der Waals surface area (Å²) in [5.74, 6) is -0.580. The molecule has 25 heavy (non-hydrogen) atoms. The van der Waals surface area contributed by atoms with E-state index in [0.29, 0.717) is 36.4 Å². The van der Waals surface area contributed by atoms with E-state index in [9.17, 15) is 14.4 Å². The molecule has 0 aliphatic rings. The average molecular weight is 360 g/mol. The van der Waals surface area contributed by atoms with Gasteiger partial charge in [-0.1, -0.05) is 18.2 Å². The SMILES string of the molecule is COC(=O)c1ccc(CNC(=O)CCCNC(=O)c2cccs2)cc1. The van der Waals surface area contributed by atoms with Crippen LogP contribution in [-0.2, 0) is 16.1 Å². The van der Waals surface area contributed by atoms with E-state index in [2.05, 4.69) is 15.4 Å². The van der Waals surface area contributed by atoms with Gasteiger partial charge in [-0.05, 0) is 35.6 Å². The summed E-state index contributed by atoms with van der Waals surface area (Å²) in [4.78, 5) is 35.5. The standard InChI is InChI=1S/C18H20N2O4S/c1-24-18(23)14-8-6-13(7-9-14)12-20-16(21)5-2-10-19-17(22)15-4-3-11-25-15/h3-4,6-9,11H,2,5,10,12H2,1H3,(H,19,22)(H,20,21). The molecule has 0 bridgehead atoms. The maximum absolute atomic E-state index is 11.8. The molecular formula is C18H20N2O4S. The second kappa shape index (κ2) is 9.58. The molecule has 6 nitrogen and oxygen atoms in total. The molecule has 0 fully saturated rings. The first kappa shape index (κ1) is 18.7. The highest BCUT2D eigenvalue weighted by Crippen LogP contribution is 2.08. The molecule has 1 heterocycles. The third-order valence-electron chi connectivity index (χ3n) is 3.48. The van der Waals surface area contributed by atoms with Crippen molar-refractivity contribution in [3.8, 4) is 0 Å². The number of hydrogen-bond donors (Lipinski definition) is 2. The molecule has 2 N–H and O–H groups in total. The van der Waals surface area contributed by atoms with Gasteiger partial charge in [0.15, 0.2) is 0 Å². The van der Waals surface area contributed by atoms with E-state index < -0.39 is 0 Å². The van der Waals surface area contributed by atoms with Crippen LogP contribution in [-0.4, -0.2) is 31.4 Å². The molecule has 0 radical (unpaired) electrons. The number of amides is 2. The molecule has 2 aromatic rings. The van der Waals surface area contributed by atoms with Crippen molar-refractivity contribution in [1.82, 2.24) is 10.6 Å². The summed E-state index contributed by atoms with van der Waals surface area (Å²) in [5.41, 5.74) is 1.37. The minimum Gasteiger partial charge on any atom is -0.465 e. The number of carbonyl (C=O) groups is 3. The third kappa shape index (κ3) is 6.04. The quantitative estimate of drug-likeness (QED) is 0.559. The van der Waals surface area contributed by atoms with E-state index in [1.54, 1.807) is 30.3 Å². The minimum atomic E-state index is -0.389. The first-order valence-electron chi connectivity index (χ1n) is 7.86. The zero-order chi connectivity index (χ0) is 18.1. The number of nitrogens with one attached hydrogen (secondary N) is 2. The van der Waals surface area contributed by atoms with Crippen LogP contribution in [0, 0.1) is 0 Å². The molecule has 0 saturated carbocycles. The van der Waals surface area contributed by atoms with Crippen molar-refractivity contribution in [3.05, 3.63) is 57.8 Å². The summed E-state index contributed by atoms with van der Waals surface area (Å²) < 4.78 is 4.63. The highest BCUT2D eigenvalue weighted by molar-refractivity contribution is 7.12. The molecule has 1 aromatic heterocycles. The number of rotatable bonds is 8. The lowest BCUT2D eigenvalue weighted by Crippen LogP contribution is -2.26. The number of hydrogen-bond acceptors (Lipinski definition) is 5. The van der Waals surface area contributed by atoms with Crippen LogP contribution in [0.1, 0.15) is 38.4 Å². The average Bonchev–Trinajstić information content (AvgIpc) is 3.18. The highest BCUT2D eigenvalue weighted by atomic mass is 32.1. The van der Waals surface area contributed by atoms with Crippen molar-refractivity contribution in [2.75, 3.05) is 13.7 Å². The normalized spacial score (nSPS) is 10.1. The molecular weight excluding hydrogens is 340 g/mol. The first-order valence-corrected chi connectivity index (χ1v) is 8.74. The largest absolute Gasteiger partial charge is 0.465 e. The van der Waals surface area contributed by atoms with Crippen molar-refractivity contribution in [3.63, 3.8) is 0 Å². The van der Waals surface area contributed by atoms with Crippen molar-refractivity contribution >= 4 is 29.1 Å². The summed E-state index contributed by atoms with van der Waals surface area (Å²) in [6.45, 7) is 0.847. The summed E-state index contributed by atoms with van der Waals surface area (Å²) in [7, 11) is 1.33. The second-order valence-electron chi connectivity index (χ2n) is 5.30. The van der Waals surface area contributed by atoms with E-state index in [1.165, 1.54) is 18.4 Å². The van der Waals surface area contributed by atoms with Crippen LogP contribution in [0.4, 0.5) is 0 Å². The molecule has 0 atom stereocenters. The summed E-state index contributed by atoms with van der Waals surface area (Å²) >= 11 is 1.38. The second-order valence-corrected chi connectivity index (χ2v) is 6.25. The number of esters is 1. The van der Waals surface area contributed by atoms with Crippen molar-refractivity contribution < 1.29 is 19.1 Å². The van der Waals surface area contributed by atoms with Crippen LogP contribution >= 0.6 is 11.3 Å². The Hall–Kier alpha value is -2.67. The molecule has 1 aromatic carbocycles. The Morgan fingerprint density at radius 2 is 1.84 bits per heavy atom. The molecule has 132 valence electrons. The number of thiophene rings is 1. The van der Waals surface area contributed by atoms with Gasteiger partial charge in [0.05, 0.1) is 17.6 Å². The lowest BCUT2D eigenvalue weighted by molar-refractivity contribution is -0.121. The fourth-order valence-corrected chi connectivity index (χ4v) is 2.75. The van der Waals surface area contributed by atoms with Crippen LogP contribution in [0.15, 0.2) is 41.8 Å². The van der Waals surface area contributed by atoms with Crippen molar-refractivity contribution in [2.24, 2.45) is 0 Å². The minimum absolute atomic E-state index is 0.0811. The predicted molar refractivity (Wildman–Crippen MR) is 95.5 cm³/mol. The Balaban J connectivity index is 1.63. The van der Waals surface area contributed by atoms with E-state index in [4.69, 9.17) is 0 Å². The van der Waals surface area contributed by atoms with Crippen molar-refractivity contribution in [1.29, 1.82) is 0 Å². The number of ether oxygens (including phenoxy) is 1. The van der Waals surface area contributed by atoms with Crippen molar-refractivity contribution in [2.45, 2.75) is 19.4 Å². The van der Waals surface area contributed by atoms with E-state index in [1.807, 2.05) is 11.4 Å². The summed E-state index contributed by atoms with van der Waals surface area (Å²) in [5, 5.41) is 7.44. The third-order valence-corrected chi connectivity index (χ3v) is 4.34. The monoisotopic (exact) mass is 360 g/mol. The van der Waals surface area contributed by atoms with Gasteiger partial charge >= 0.3 is 5.97 Å². The van der Waals surface area contributed by atoms with Crippen LogP contribution < -0.4 is 10.6 Å². The van der Waals surface area contributed by atoms with Crippen LogP contribution in [0.2, 0.25) is 0 Å². The van der Waals surface area contributed by atoms with Gasteiger partial charge in [0.2, 0.25) is 5.91 Å². The molecule has 2 rings (SSSR count). The predicted octanol–water partition coefficient (Wildman–Crippen LogP) is 2.36. The van der Waals surface area contributed by atoms with Gasteiger partial charge in [0.1, 0.15) is 0 Å². The van der Waals surface area contributed by atoms with Crippen LogP contribution in [0.25, 0.3) is 0 Å². The lowest BCUT2D eigenvalue weighted by atomic mass is 10.1. The molecule has 0 unspecified atom stereocenters. The Morgan fingerprint density at radius 3 is 2.48 bits per heavy atom. The zero-order valence-electron chi connectivity index (χ0n) is 13.9. The zero-order valence-corrected chi connectivity index (χ0v) is 14.7.